The van der Waals surface area contributed by atoms with Crippen LogP contribution in [-0.4, -0.2) is 36.8 Å². The molecule has 0 saturated carbocycles. The molecular formula is C21H19F2N3O4. The van der Waals surface area contributed by atoms with Gasteiger partial charge in [0.05, 0.1) is 32.7 Å². The Morgan fingerprint density at radius 2 is 1.73 bits per heavy atom. The van der Waals surface area contributed by atoms with E-state index >= 15 is 0 Å². The average molecular weight is 415 g/mol. The molecule has 0 aliphatic carbocycles. The van der Waals surface area contributed by atoms with E-state index in [1.165, 1.54) is 32.2 Å². The minimum Gasteiger partial charge on any atom is -0.493 e. The number of anilines is 1. The topological polar surface area (TPSA) is 74.6 Å². The summed E-state index contributed by atoms with van der Waals surface area (Å²) in [5.74, 6) is -0.519. The molecule has 1 N–H and O–H groups in total. The van der Waals surface area contributed by atoms with Crippen LogP contribution in [0.15, 0.2) is 36.7 Å². The zero-order chi connectivity index (χ0) is 21.4. The third-order valence-corrected chi connectivity index (χ3v) is 5.01. The minimum atomic E-state index is -0.729. The van der Waals surface area contributed by atoms with Crippen molar-refractivity contribution in [3.8, 4) is 22.9 Å². The van der Waals surface area contributed by atoms with Gasteiger partial charge in [-0.25, -0.2) is 13.8 Å². The molecule has 2 heterocycles. The molecule has 1 aromatic heterocycles. The van der Waals surface area contributed by atoms with E-state index in [1.807, 2.05) is 0 Å². The highest BCUT2D eigenvalue weighted by Crippen LogP contribution is 2.47. The average Bonchev–Trinajstić information content (AvgIpc) is 3.14. The van der Waals surface area contributed by atoms with Crippen molar-refractivity contribution >= 4 is 11.7 Å². The molecule has 0 saturated heterocycles. The number of benzene rings is 2. The molecule has 7 nitrogen and oxygen atoms in total. The van der Waals surface area contributed by atoms with Gasteiger partial charge in [-0.15, -0.1) is 0 Å². The largest absolute Gasteiger partial charge is 0.493 e. The summed E-state index contributed by atoms with van der Waals surface area (Å²) in [5.41, 5.74) is 1.44. The summed E-state index contributed by atoms with van der Waals surface area (Å²) in [5, 5.41) is 2.75. The number of aromatic nitrogens is 2. The van der Waals surface area contributed by atoms with Gasteiger partial charge >= 0.3 is 0 Å². The van der Waals surface area contributed by atoms with Crippen LogP contribution in [-0.2, 0) is 4.79 Å². The molecule has 3 aromatic rings. The van der Waals surface area contributed by atoms with Gasteiger partial charge in [-0.2, -0.15) is 0 Å². The van der Waals surface area contributed by atoms with Crippen LogP contribution in [0.5, 0.6) is 17.2 Å². The number of rotatable bonds is 5. The van der Waals surface area contributed by atoms with Crippen molar-refractivity contribution in [3.63, 3.8) is 0 Å². The Bertz CT molecular complexity index is 1110. The van der Waals surface area contributed by atoms with Gasteiger partial charge in [0.2, 0.25) is 11.7 Å². The Hall–Kier alpha value is -3.62. The van der Waals surface area contributed by atoms with Crippen LogP contribution < -0.4 is 19.5 Å². The summed E-state index contributed by atoms with van der Waals surface area (Å²) in [6.45, 7) is 0. The van der Waals surface area contributed by atoms with Crippen molar-refractivity contribution in [2.45, 2.75) is 12.3 Å². The SMILES string of the molecule is COc1ccc(C2CC(=O)Nc3c2ncn3-c2cc(F)cc(F)c2)c(OC)c1OC. The first-order valence-electron chi connectivity index (χ1n) is 9.09. The molecule has 0 fully saturated rings. The lowest BCUT2D eigenvalue weighted by molar-refractivity contribution is -0.116. The third-order valence-electron chi connectivity index (χ3n) is 5.01. The first-order valence-corrected chi connectivity index (χ1v) is 9.09. The van der Waals surface area contributed by atoms with Gasteiger partial charge in [0.1, 0.15) is 23.8 Å². The molecule has 0 bridgehead atoms. The van der Waals surface area contributed by atoms with Crippen LogP contribution in [0.4, 0.5) is 14.6 Å². The predicted octanol–water partition coefficient (Wildman–Crippen LogP) is 3.65. The third kappa shape index (κ3) is 3.22. The number of hydrogen-bond acceptors (Lipinski definition) is 5. The van der Waals surface area contributed by atoms with Crippen LogP contribution in [0, 0.1) is 11.6 Å². The Morgan fingerprint density at radius 1 is 1.03 bits per heavy atom. The Labute approximate surface area is 171 Å². The summed E-state index contributed by atoms with van der Waals surface area (Å²) < 4.78 is 45.2. The quantitative estimate of drug-likeness (QED) is 0.689. The maximum atomic E-state index is 13.7. The van der Waals surface area contributed by atoms with E-state index in [9.17, 15) is 13.6 Å². The molecule has 1 unspecified atom stereocenters. The number of ether oxygens (including phenoxy) is 3. The smallest absolute Gasteiger partial charge is 0.226 e. The van der Waals surface area contributed by atoms with E-state index < -0.39 is 17.6 Å². The van der Waals surface area contributed by atoms with Crippen molar-refractivity contribution < 1.29 is 27.8 Å². The van der Waals surface area contributed by atoms with E-state index in [2.05, 4.69) is 10.3 Å². The zero-order valence-electron chi connectivity index (χ0n) is 16.5. The molecule has 1 aliphatic heterocycles. The number of hydrogen-bond donors (Lipinski definition) is 1. The van der Waals surface area contributed by atoms with Crippen LogP contribution in [0.3, 0.4) is 0 Å². The minimum absolute atomic E-state index is 0.118. The molecule has 2 aromatic carbocycles. The number of halogens is 2. The van der Waals surface area contributed by atoms with Gasteiger partial charge in [0.15, 0.2) is 11.5 Å². The zero-order valence-corrected chi connectivity index (χ0v) is 16.5. The fourth-order valence-electron chi connectivity index (χ4n) is 3.74. The molecule has 4 rings (SSSR count). The van der Waals surface area contributed by atoms with Crippen molar-refractivity contribution in [2.75, 3.05) is 26.6 Å². The highest BCUT2D eigenvalue weighted by molar-refractivity contribution is 5.94. The number of imidazole rings is 1. The van der Waals surface area contributed by atoms with Crippen molar-refractivity contribution in [1.82, 2.24) is 9.55 Å². The normalized spacial score (nSPS) is 15.4. The number of nitrogens with one attached hydrogen (secondary N) is 1. The standard InChI is InChI=1S/C21H19F2N3O4/c1-28-16-5-4-14(19(29-2)20(16)30-3)15-9-17(27)25-21-18(15)24-10-26(21)13-7-11(22)6-12(23)8-13/h4-8,10,15H,9H2,1-3H3,(H,25,27). The van der Waals surface area contributed by atoms with Crippen molar-refractivity contribution in [3.05, 3.63) is 59.6 Å². The first-order chi connectivity index (χ1) is 14.5. The van der Waals surface area contributed by atoms with Gasteiger partial charge in [0, 0.05) is 24.0 Å². The number of methoxy groups -OCH3 is 3. The Balaban J connectivity index is 1.87. The maximum absolute atomic E-state index is 13.7. The van der Waals surface area contributed by atoms with Gasteiger partial charge < -0.3 is 19.5 Å². The van der Waals surface area contributed by atoms with Crippen LogP contribution in [0.25, 0.3) is 5.69 Å². The lowest BCUT2D eigenvalue weighted by atomic mass is 9.88. The predicted molar refractivity (Wildman–Crippen MR) is 105 cm³/mol. The molecule has 1 atom stereocenters. The molecule has 1 amide bonds. The molecule has 156 valence electrons. The van der Waals surface area contributed by atoms with Crippen LogP contribution in [0.2, 0.25) is 0 Å². The van der Waals surface area contributed by atoms with E-state index in [4.69, 9.17) is 14.2 Å². The summed E-state index contributed by atoms with van der Waals surface area (Å²) in [4.78, 5) is 16.9. The fourth-order valence-corrected chi connectivity index (χ4v) is 3.74. The van der Waals surface area contributed by atoms with Gasteiger partial charge in [-0.3, -0.25) is 9.36 Å². The van der Waals surface area contributed by atoms with Crippen molar-refractivity contribution in [1.29, 1.82) is 0 Å². The summed E-state index contributed by atoms with van der Waals surface area (Å²) in [7, 11) is 4.51. The number of fused-ring (bicyclic) bond motifs is 1. The molecule has 0 spiro atoms. The van der Waals surface area contributed by atoms with Gasteiger partial charge in [-0.1, -0.05) is 6.07 Å². The second-order valence-electron chi connectivity index (χ2n) is 6.70. The maximum Gasteiger partial charge on any atom is 0.226 e. The molecule has 30 heavy (non-hydrogen) atoms. The van der Waals surface area contributed by atoms with E-state index in [-0.39, 0.29) is 18.0 Å². The molecule has 9 heteroatoms. The lowest BCUT2D eigenvalue weighted by Gasteiger charge is -2.25. The Kier molecular flexibility index (Phi) is 5.03. The molecule has 0 radical (unpaired) electrons. The van der Waals surface area contributed by atoms with E-state index in [0.717, 1.165) is 18.2 Å². The summed E-state index contributed by atoms with van der Waals surface area (Å²) in [6, 6.07) is 6.62. The van der Waals surface area contributed by atoms with Gasteiger partial charge in [-0.05, 0) is 18.2 Å². The van der Waals surface area contributed by atoms with Crippen LogP contribution >= 0.6 is 0 Å². The number of nitrogens with zero attached hydrogens (tertiary/aromatic N) is 2. The number of amides is 1. The Morgan fingerprint density at radius 3 is 2.37 bits per heavy atom. The first kappa shape index (κ1) is 19.7. The molecule has 1 aliphatic rings. The fraction of sp³-hybridized carbons (Fsp3) is 0.238. The number of carbonyl (C=O) groups excluding carboxylic acids is 1. The highest BCUT2D eigenvalue weighted by Gasteiger charge is 2.34. The van der Waals surface area contributed by atoms with E-state index in [0.29, 0.717) is 34.3 Å². The van der Waals surface area contributed by atoms with Gasteiger partial charge in [0.25, 0.3) is 0 Å². The monoisotopic (exact) mass is 415 g/mol. The van der Waals surface area contributed by atoms with Crippen molar-refractivity contribution in [2.24, 2.45) is 0 Å². The summed E-state index contributed by atoms with van der Waals surface area (Å²) in [6.07, 6.45) is 1.54. The number of carbonyl (C=O) groups is 1. The van der Waals surface area contributed by atoms with Crippen LogP contribution in [0.1, 0.15) is 23.6 Å². The molecular weight excluding hydrogens is 396 g/mol. The van der Waals surface area contributed by atoms with E-state index in [1.54, 1.807) is 12.1 Å². The summed E-state index contributed by atoms with van der Waals surface area (Å²) >= 11 is 0. The lowest BCUT2D eigenvalue weighted by Crippen LogP contribution is -2.25. The second-order valence-corrected chi connectivity index (χ2v) is 6.70. The second kappa shape index (κ2) is 7.66. The highest BCUT2D eigenvalue weighted by atomic mass is 19.1.